The van der Waals surface area contributed by atoms with Crippen LogP contribution < -0.4 is 0 Å². The Bertz CT molecular complexity index is 474. The summed E-state index contributed by atoms with van der Waals surface area (Å²) in [6.45, 7) is 1.78. The van der Waals surface area contributed by atoms with E-state index in [1.54, 1.807) is 13.0 Å². The Morgan fingerprint density at radius 3 is 2.53 bits per heavy atom. The SMILES string of the molecule is Cc1noc(C=Cc2ccc(Cl)cc2)n1. The number of hydrogen-bond donors (Lipinski definition) is 0. The lowest BCUT2D eigenvalue weighted by Gasteiger charge is -1.91. The van der Waals surface area contributed by atoms with Gasteiger partial charge in [-0.3, -0.25) is 0 Å². The quantitative estimate of drug-likeness (QED) is 0.780. The van der Waals surface area contributed by atoms with Crippen LogP contribution in [-0.4, -0.2) is 10.1 Å². The molecule has 2 rings (SSSR count). The first-order chi connectivity index (χ1) is 7.24. The van der Waals surface area contributed by atoms with E-state index in [1.807, 2.05) is 30.3 Å². The standard InChI is InChI=1S/C11H9ClN2O/c1-8-13-11(15-14-8)7-4-9-2-5-10(12)6-3-9/h2-7H,1H3. The number of benzene rings is 1. The molecular weight excluding hydrogens is 212 g/mol. The van der Waals surface area contributed by atoms with Crippen molar-refractivity contribution in [3.05, 3.63) is 46.6 Å². The summed E-state index contributed by atoms with van der Waals surface area (Å²) < 4.78 is 4.94. The summed E-state index contributed by atoms with van der Waals surface area (Å²) in [7, 11) is 0. The Labute approximate surface area is 92.4 Å². The summed E-state index contributed by atoms with van der Waals surface area (Å²) in [5.74, 6) is 1.13. The summed E-state index contributed by atoms with van der Waals surface area (Å²) in [4.78, 5) is 4.05. The van der Waals surface area contributed by atoms with Crippen LogP contribution in [0.1, 0.15) is 17.3 Å². The van der Waals surface area contributed by atoms with E-state index < -0.39 is 0 Å². The van der Waals surface area contributed by atoms with E-state index >= 15 is 0 Å². The summed E-state index contributed by atoms with van der Waals surface area (Å²) in [5, 5.41) is 4.41. The average Bonchev–Trinajstić information content (AvgIpc) is 2.64. The highest BCUT2D eigenvalue weighted by Gasteiger charge is 1.96. The highest BCUT2D eigenvalue weighted by atomic mass is 35.5. The zero-order valence-corrected chi connectivity index (χ0v) is 8.90. The van der Waals surface area contributed by atoms with Gasteiger partial charge in [0.25, 0.3) is 5.89 Å². The van der Waals surface area contributed by atoms with Gasteiger partial charge in [-0.05, 0) is 30.7 Å². The van der Waals surface area contributed by atoms with E-state index in [0.29, 0.717) is 11.7 Å². The number of halogens is 1. The first-order valence-corrected chi connectivity index (χ1v) is 4.86. The lowest BCUT2D eigenvalue weighted by Crippen LogP contribution is -1.73. The molecule has 0 saturated carbocycles. The zero-order chi connectivity index (χ0) is 10.7. The number of nitrogens with zero attached hydrogens (tertiary/aromatic N) is 2. The van der Waals surface area contributed by atoms with Crippen LogP contribution >= 0.6 is 11.6 Å². The van der Waals surface area contributed by atoms with Crippen LogP contribution in [0.25, 0.3) is 12.2 Å². The Kier molecular flexibility index (Phi) is 2.83. The molecule has 0 amide bonds. The molecule has 0 unspecified atom stereocenters. The third-order valence-electron chi connectivity index (χ3n) is 1.83. The molecule has 0 N–H and O–H groups in total. The van der Waals surface area contributed by atoms with Crippen molar-refractivity contribution in [1.29, 1.82) is 0 Å². The molecule has 2 aromatic rings. The molecule has 1 heterocycles. The van der Waals surface area contributed by atoms with Crippen LogP contribution in [-0.2, 0) is 0 Å². The molecule has 0 aliphatic heterocycles. The van der Waals surface area contributed by atoms with E-state index in [1.165, 1.54) is 0 Å². The van der Waals surface area contributed by atoms with Gasteiger partial charge in [-0.1, -0.05) is 28.9 Å². The zero-order valence-electron chi connectivity index (χ0n) is 8.14. The third kappa shape index (κ3) is 2.67. The fourth-order valence-corrected chi connectivity index (χ4v) is 1.25. The predicted molar refractivity (Wildman–Crippen MR) is 59.4 cm³/mol. The minimum atomic E-state index is 0.502. The normalized spacial score (nSPS) is 11.1. The maximum absolute atomic E-state index is 5.77. The fourth-order valence-electron chi connectivity index (χ4n) is 1.12. The molecule has 76 valence electrons. The van der Waals surface area contributed by atoms with E-state index in [9.17, 15) is 0 Å². The molecule has 0 aliphatic rings. The van der Waals surface area contributed by atoms with Gasteiger partial charge in [-0.25, -0.2) is 0 Å². The lowest BCUT2D eigenvalue weighted by atomic mass is 10.2. The van der Waals surface area contributed by atoms with Crippen molar-refractivity contribution in [3.63, 3.8) is 0 Å². The maximum Gasteiger partial charge on any atom is 0.250 e. The first-order valence-electron chi connectivity index (χ1n) is 4.48. The molecule has 4 heteroatoms. The van der Waals surface area contributed by atoms with E-state index in [0.717, 1.165) is 10.6 Å². The van der Waals surface area contributed by atoms with Crippen molar-refractivity contribution < 1.29 is 4.52 Å². The summed E-state index contributed by atoms with van der Waals surface area (Å²) >= 11 is 5.77. The Morgan fingerprint density at radius 2 is 1.93 bits per heavy atom. The maximum atomic E-state index is 5.77. The van der Waals surface area contributed by atoms with Crippen LogP contribution in [0.5, 0.6) is 0 Å². The predicted octanol–water partition coefficient (Wildman–Crippen LogP) is 3.20. The average molecular weight is 221 g/mol. The highest BCUT2D eigenvalue weighted by Crippen LogP contribution is 2.11. The van der Waals surface area contributed by atoms with Crippen molar-refractivity contribution >= 4 is 23.8 Å². The molecule has 3 nitrogen and oxygen atoms in total. The second kappa shape index (κ2) is 4.28. The van der Waals surface area contributed by atoms with Gasteiger partial charge in [0.2, 0.25) is 0 Å². The second-order valence-corrected chi connectivity index (χ2v) is 3.50. The minimum Gasteiger partial charge on any atom is -0.335 e. The van der Waals surface area contributed by atoms with Crippen molar-refractivity contribution in [1.82, 2.24) is 10.1 Å². The third-order valence-corrected chi connectivity index (χ3v) is 2.08. The molecule has 0 atom stereocenters. The molecular formula is C11H9ClN2O. The van der Waals surface area contributed by atoms with E-state index in [2.05, 4.69) is 10.1 Å². The number of aryl methyl sites for hydroxylation is 1. The number of rotatable bonds is 2. The van der Waals surface area contributed by atoms with Gasteiger partial charge < -0.3 is 4.52 Å². The van der Waals surface area contributed by atoms with Crippen molar-refractivity contribution in [2.75, 3.05) is 0 Å². The van der Waals surface area contributed by atoms with Gasteiger partial charge in [0.05, 0.1) is 0 Å². The van der Waals surface area contributed by atoms with Crippen molar-refractivity contribution in [2.24, 2.45) is 0 Å². The van der Waals surface area contributed by atoms with E-state index in [4.69, 9.17) is 16.1 Å². The van der Waals surface area contributed by atoms with Gasteiger partial charge in [-0.2, -0.15) is 4.98 Å². The highest BCUT2D eigenvalue weighted by molar-refractivity contribution is 6.30. The first kappa shape index (κ1) is 9.93. The second-order valence-electron chi connectivity index (χ2n) is 3.06. The summed E-state index contributed by atoms with van der Waals surface area (Å²) in [5.41, 5.74) is 1.04. The molecule has 0 aliphatic carbocycles. The topological polar surface area (TPSA) is 38.9 Å². The molecule has 1 aromatic carbocycles. The molecule has 0 radical (unpaired) electrons. The molecule has 0 spiro atoms. The van der Waals surface area contributed by atoms with Gasteiger partial charge in [0, 0.05) is 11.1 Å². The van der Waals surface area contributed by atoms with Gasteiger partial charge >= 0.3 is 0 Å². The van der Waals surface area contributed by atoms with Crippen molar-refractivity contribution in [3.8, 4) is 0 Å². The van der Waals surface area contributed by atoms with Gasteiger partial charge in [0.15, 0.2) is 5.82 Å². The molecule has 0 fully saturated rings. The van der Waals surface area contributed by atoms with E-state index in [-0.39, 0.29) is 0 Å². The molecule has 0 saturated heterocycles. The Balaban J connectivity index is 2.14. The smallest absolute Gasteiger partial charge is 0.250 e. The van der Waals surface area contributed by atoms with Crippen LogP contribution in [0.2, 0.25) is 5.02 Å². The number of aromatic nitrogens is 2. The van der Waals surface area contributed by atoms with Crippen LogP contribution in [0.4, 0.5) is 0 Å². The summed E-state index contributed by atoms with van der Waals surface area (Å²) in [6, 6.07) is 7.50. The molecule has 15 heavy (non-hydrogen) atoms. The number of hydrogen-bond acceptors (Lipinski definition) is 3. The van der Waals surface area contributed by atoms with Gasteiger partial charge in [-0.15, -0.1) is 0 Å². The van der Waals surface area contributed by atoms with Crippen LogP contribution in [0.15, 0.2) is 28.8 Å². The van der Waals surface area contributed by atoms with Crippen LogP contribution in [0.3, 0.4) is 0 Å². The fraction of sp³-hybridized carbons (Fsp3) is 0.0909. The van der Waals surface area contributed by atoms with Crippen molar-refractivity contribution in [2.45, 2.75) is 6.92 Å². The molecule has 1 aromatic heterocycles. The van der Waals surface area contributed by atoms with Gasteiger partial charge in [0.1, 0.15) is 0 Å². The molecule has 0 bridgehead atoms. The monoisotopic (exact) mass is 220 g/mol. The Hall–Kier alpha value is -1.61. The lowest BCUT2D eigenvalue weighted by molar-refractivity contribution is 0.405. The largest absolute Gasteiger partial charge is 0.335 e. The summed E-state index contributed by atoms with van der Waals surface area (Å²) in [6.07, 6.45) is 3.66. The van der Waals surface area contributed by atoms with Crippen LogP contribution in [0, 0.1) is 6.92 Å². The Morgan fingerprint density at radius 1 is 1.20 bits per heavy atom. The minimum absolute atomic E-state index is 0.502.